The largest absolute Gasteiger partial charge is 0.469 e. The van der Waals surface area contributed by atoms with Gasteiger partial charge in [0, 0.05) is 23.6 Å². The fourth-order valence-corrected chi connectivity index (χ4v) is 3.27. The summed E-state index contributed by atoms with van der Waals surface area (Å²) in [7, 11) is 1.43. The Morgan fingerprint density at radius 1 is 1.04 bits per heavy atom. The molecule has 24 heavy (non-hydrogen) atoms. The number of aromatic nitrogens is 1. The number of carbonyl (C=O) groups excluding carboxylic acids is 1. The quantitative estimate of drug-likeness (QED) is 0.670. The van der Waals surface area contributed by atoms with Crippen LogP contribution >= 0.6 is 0 Å². The highest BCUT2D eigenvalue weighted by atomic mass is 16.5. The fraction of sp³-hybridized carbons (Fsp3) is 0.286. The summed E-state index contributed by atoms with van der Waals surface area (Å²) in [6.45, 7) is 7.28. The summed E-state index contributed by atoms with van der Waals surface area (Å²) in [5, 5.41) is 1.23. The van der Waals surface area contributed by atoms with Crippen LogP contribution in [0.3, 0.4) is 0 Å². The van der Waals surface area contributed by atoms with Crippen molar-refractivity contribution in [1.82, 2.24) is 4.57 Å². The first-order valence-electron chi connectivity index (χ1n) is 8.20. The van der Waals surface area contributed by atoms with Crippen LogP contribution in [0.5, 0.6) is 0 Å². The van der Waals surface area contributed by atoms with Crippen molar-refractivity contribution in [2.75, 3.05) is 7.11 Å². The van der Waals surface area contributed by atoms with Crippen LogP contribution in [0.4, 0.5) is 0 Å². The first-order chi connectivity index (χ1) is 11.5. The Kier molecular flexibility index (Phi) is 4.43. The van der Waals surface area contributed by atoms with Gasteiger partial charge in [0.25, 0.3) is 0 Å². The molecule has 0 aliphatic rings. The summed E-state index contributed by atoms with van der Waals surface area (Å²) in [6.07, 6.45) is 2.50. The summed E-state index contributed by atoms with van der Waals surface area (Å²) in [4.78, 5) is 11.6. The lowest BCUT2D eigenvalue weighted by molar-refractivity contribution is -0.139. The van der Waals surface area contributed by atoms with Gasteiger partial charge in [0.2, 0.25) is 0 Å². The van der Waals surface area contributed by atoms with Gasteiger partial charge in [-0.25, -0.2) is 0 Å². The fourth-order valence-electron chi connectivity index (χ4n) is 3.27. The topological polar surface area (TPSA) is 31.2 Å². The predicted octanol–water partition coefficient (Wildman–Crippen LogP) is 4.33. The molecule has 0 bridgehead atoms. The Labute approximate surface area is 142 Å². The highest BCUT2D eigenvalue weighted by Gasteiger charge is 2.11. The van der Waals surface area contributed by atoms with E-state index in [1.807, 2.05) is 6.07 Å². The van der Waals surface area contributed by atoms with Gasteiger partial charge in [-0.1, -0.05) is 30.3 Å². The van der Waals surface area contributed by atoms with Gasteiger partial charge < -0.3 is 9.30 Å². The number of esters is 1. The molecule has 2 aromatic carbocycles. The van der Waals surface area contributed by atoms with Crippen molar-refractivity contribution in [2.24, 2.45) is 0 Å². The number of hydrogen-bond donors (Lipinski definition) is 0. The Balaban J connectivity index is 2.04. The third-order valence-electron chi connectivity index (χ3n) is 4.69. The standard InChI is InChI=1S/C21H23NO2/c1-14-6-5-7-15(2)19(14)13-22-12-16(3)18-9-8-17(10-20(18)22)11-21(23)24-4/h5-10,12H,11,13H2,1-4H3. The zero-order chi connectivity index (χ0) is 17.3. The SMILES string of the molecule is COC(=O)Cc1ccc2c(C)cn(Cc3c(C)cccc3C)c2c1. The molecule has 0 spiro atoms. The molecule has 0 amide bonds. The van der Waals surface area contributed by atoms with Crippen molar-refractivity contribution in [3.63, 3.8) is 0 Å². The van der Waals surface area contributed by atoms with Crippen molar-refractivity contribution >= 4 is 16.9 Å². The van der Waals surface area contributed by atoms with Crippen LogP contribution in [0.15, 0.2) is 42.6 Å². The minimum atomic E-state index is -0.209. The molecule has 1 aromatic heterocycles. The highest BCUT2D eigenvalue weighted by molar-refractivity contribution is 5.85. The van der Waals surface area contributed by atoms with E-state index in [1.54, 1.807) is 0 Å². The number of fused-ring (bicyclic) bond motifs is 1. The van der Waals surface area contributed by atoms with Gasteiger partial charge in [-0.15, -0.1) is 0 Å². The molecule has 0 aliphatic carbocycles. The van der Waals surface area contributed by atoms with Gasteiger partial charge in [0.1, 0.15) is 0 Å². The summed E-state index contributed by atoms with van der Waals surface area (Å²) in [5.74, 6) is -0.209. The average molecular weight is 321 g/mol. The number of ether oxygens (including phenoxy) is 1. The molecule has 0 fully saturated rings. The molecule has 3 heteroatoms. The Bertz CT molecular complexity index is 885. The molecular weight excluding hydrogens is 298 g/mol. The van der Waals surface area contributed by atoms with E-state index < -0.39 is 0 Å². The zero-order valence-corrected chi connectivity index (χ0v) is 14.7. The van der Waals surface area contributed by atoms with E-state index in [1.165, 1.54) is 34.7 Å². The third kappa shape index (κ3) is 3.07. The number of rotatable bonds is 4. The van der Waals surface area contributed by atoms with Crippen LogP contribution in [0.25, 0.3) is 10.9 Å². The Morgan fingerprint density at radius 3 is 2.42 bits per heavy atom. The molecule has 3 aromatic rings. The first kappa shape index (κ1) is 16.3. The van der Waals surface area contributed by atoms with E-state index in [0.29, 0.717) is 6.42 Å². The maximum Gasteiger partial charge on any atom is 0.309 e. The molecule has 0 atom stereocenters. The van der Waals surface area contributed by atoms with Gasteiger partial charge in [-0.2, -0.15) is 0 Å². The van der Waals surface area contributed by atoms with E-state index in [2.05, 4.69) is 61.9 Å². The molecule has 0 aliphatic heterocycles. The van der Waals surface area contributed by atoms with E-state index in [4.69, 9.17) is 4.74 Å². The van der Waals surface area contributed by atoms with Gasteiger partial charge in [-0.3, -0.25) is 4.79 Å². The second-order valence-electron chi connectivity index (χ2n) is 6.41. The van der Waals surface area contributed by atoms with E-state index in [0.717, 1.165) is 17.6 Å². The summed E-state index contributed by atoms with van der Waals surface area (Å²) in [6, 6.07) is 12.6. The second kappa shape index (κ2) is 6.52. The minimum absolute atomic E-state index is 0.209. The molecule has 1 heterocycles. The molecule has 0 unspecified atom stereocenters. The molecular formula is C21H23NO2. The maximum atomic E-state index is 11.6. The highest BCUT2D eigenvalue weighted by Crippen LogP contribution is 2.25. The monoisotopic (exact) mass is 321 g/mol. The molecule has 0 saturated heterocycles. The molecule has 0 radical (unpaired) electrons. The minimum Gasteiger partial charge on any atom is -0.469 e. The van der Waals surface area contributed by atoms with Gasteiger partial charge in [0.05, 0.1) is 13.5 Å². The van der Waals surface area contributed by atoms with Gasteiger partial charge in [-0.05, 0) is 54.7 Å². The van der Waals surface area contributed by atoms with Crippen molar-refractivity contribution < 1.29 is 9.53 Å². The summed E-state index contributed by atoms with van der Waals surface area (Å²) >= 11 is 0. The van der Waals surface area contributed by atoms with Crippen molar-refractivity contribution in [3.8, 4) is 0 Å². The lowest BCUT2D eigenvalue weighted by atomic mass is 10.0. The Morgan fingerprint density at radius 2 is 1.75 bits per heavy atom. The normalized spacial score (nSPS) is 11.0. The first-order valence-corrected chi connectivity index (χ1v) is 8.20. The average Bonchev–Trinajstić information content (AvgIpc) is 2.86. The number of methoxy groups -OCH3 is 1. The number of benzene rings is 2. The summed E-state index contributed by atoms with van der Waals surface area (Å²) in [5.41, 5.74) is 7.36. The van der Waals surface area contributed by atoms with Crippen LogP contribution in [0, 0.1) is 20.8 Å². The zero-order valence-electron chi connectivity index (χ0n) is 14.7. The number of nitrogens with zero attached hydrogens (tertiary/aromatic N) is 1. The van der Waals surface area contributed by atoms with Gasteiger partial charge >= 0.3 is 5.97 Å². The molecule has 3 nitrogen and oxygen atoms in total. The second-order valence-corrected chi connectivity index (χ2v) is 6.41. The number of carbonyl (C=O) groups is 1. The lowest BCUT2D eigenvalue weighted by Crippen LogP contribution is -2.05. The van der Waals surface area contributed by atoms with Crippen molar-refractivity contribution in [1.29, 1.82) is 0 Å². The third-order valence-corrected chi connectivity index (χ3v) is 4.69. The molecule has 124 valence electrons. The number of aryl methyl sites for hydroxylation is 3. The molecule has 3 rings (SSSR count). The number of hydrogen-bond acceptors (Lipinski definition) is 2. The van der Waals surface area contributed by atoms with Crippen LogP contribution in [0.1, 0.15) is 27.8 Å². The van der Waals surface area contributed by atoms with E-state index in [9.17, 15) is 4.79 Å². The lowest BCUT2D eigenvalue weighted by Gasteiger charge is -2.12. The van der Waals surface area contributed by atoms with Crippen molar-refractivity contribution in [3.05, 3.63) is 70.4 Å². The smallest absolute Gasteiger partial charge is 0.309 e. The van der Waals surface area contributed by atoms with Crippen LogP contribution in [0.2, 0.25) is 0 Å². The van der Waals surface area contributed by atoms with E-state index in [-0.39, 0.29) is 5.97 Å². The Hall–Kier alpha value is -2.55. The molecule has 0 saturated carbocycles. The van der Waals surface area contributed by atoms with E-state index >= 15 is 0 Å². The van der Waals surface area contributed by atoms with Crippen LogP contribution < -0.4 is 0 Å². The van der Waals surface area contributed by atoms with Crippen LogP contribution in [-0.2, 0) is 22.5 Å². The predicted molar refractivity (Wildman–Crippen MR) is 97.4 cm³/mol. The maximum absolute atomic E-state index is 11.6. The molecule has 0 N–H and O–H groups in total. The van der Waals surface area contributed by atoms with Gasteiger partial charge in [0.15, 0.2) is 0 Å². The van der Waals surface area contributed by atoms with Crippen molar-refractivity contribution in [2.45, 2.75) is 33.7 Å². The van der Waals surface area contributed by atoms with Crippen LogP contribution in [-0.4, -0.2) is 17.6 Å². The summed E-state index contributed by atoms with van der Waals surface area (Å²) < 4.78 is 7.06.